The second-order valence-corrected chi connectivity index (χ2v) is 6.23. The Morgan fingerprint density at radius 1 is 1.15 bits per heavy atom. The van der Waals surface area contributed by atoms with E-state index in [1.165, 1.54) is 6.33 Å². The summed E-state index contributed by atoms with van der Waals surface area (Å²) in [5.74, 6) is 0.00983. The van der Waals surface area contributed by atoms with Crippen LogP contribution in [0, 0.1) is 0 Å². The Balaban J connectivity index is 1.65. The molecule has 4 atom stereocenters. The number of fused-ring (bicyclic) bond motifs is 1. The van der Waals surface area contributed by atoms with E-state index in [2.05, 4.69) is 15.3 Å². The van der Waals surface area contributed by atoms with Crippen molar-refractivity contribution in [2.24, 2.45) is 0 Å². The van der Waals surface area contributed by atoms with E-state index < -0.39 is 31.1 Å². The lowest BCUT2D eigenvalue weighted by atomic mass is 10.1. The van der Waals surface area contributed by atoms with E-state index in [0.29, 0.717) is 22.4 Å². The van der Waals surface area contributed by atoms with E-state index in [9.17, 15) is 20.1 Å². The minimum Gasteiger partial charge on any atom is -0.394 e. The summed E-state index contributed by atoms with van der Waals surface area (Å²) < 4.78 is 7.08. The fourth-order valence-corrected chi connectivity index (χ4v) is 3.15. The van der Waals surface area contributed by atoms with Gasteiger partial charge in [-0.1, -0.05) is 18.2 Å². The molecular formula is C18H18N4O5. The van der Waals surface area contributed by atoms with Crippen LogP contribution in [-0.2, 0) is 4.74 Å². The summed E-state index contributed by atoms with van der Waals surface area (Å²) in [5, 5.41) is 32.8. The Hall–Kier alpha value is -2.85. The van der Waals surface area contributed by atoms with Crippen LogP contribution in [0.5, 0.6) is 0 Å². The van der Waals surface area contributed by atoms with Gasteiger partial charge in [-0.3, -0.25) is 4.79 Å². The maximum Gasteiger partial charge on any atom is 0.256 e. The van der Waals surface area contributed by atoms with E-state index >= 15 is 0 Å². The predicted octanol–water partition coefficient (Wildman–Crippen LogP) is 0.295. The summed E-state index contributed by atoms with van der Waals surface area (Å²) in [6.45, 7) is -0.415. The first-order valence-corrected chi connectivity index (χ1v) is 8.40. The van der Waals surface area contributed by atoms with Gasteiger partial charge < -0.3 is 29.9 Å². The molecule has 4 rings (SSSR count). The molecule has 4 N–H and O–H groups in total. The monoisotopic (exact) mass is 370 g/mol. The average Bonchev–Trinajstić information content (AvgIpc) is 3.25. The summed E-state index contributed by atoms with van der Waals surface area (Å²) in [6, 6.07) is 10.4. The van der Waals surface area contributed by atoms with Crippen molar-refractivity contribution in [3.05, 3.63) is 54.5 Å². The number of anilines is 1. The minimum atomic E-state index is -1.23. The van der Waals surface area contributed by atoms with Crippen molar-refractivity contribution >= 4 is 22.8 Å². The van der Waals surface area contributed by atoms with Gasteiger partial charge in [0.1, 0.15) is 36.1 Å². The summed E-state index contributed by atoms with van der Waals surface area (Å²) in [4.78, 5) is 20.7. The number of nitrogens with one attached hydrogen (secondary N) is 1. The van der Waals surface area contributed by atoms with Crippen LogP contribution in [0.15, 0.2) is 48.9 Å². The van der Waals surface area contributed by atoms with Crippen molar-refractivity contribution < 1.29 is 24.9 Å². The molecule has 0 bridgehead atoms. The third-order valence-electron chi connectivity index (χ3n) is 4.57. The molecule has 9 nitrogen and oxygen atoms in total. The number of rotatable bonds is 4. The minimum absolute atomic E-state index is 0.309. The first-order valence-electron chi connectivity index (χ1n) is 8.40. The highest BCUT2D eigenvalue weighted by Crippen LogP contribution is 2.33. The summed E-state index contributed by atoms with van der Waals surface area (Å²) in [6.07, 6.45) is -1.33. The van der Waals surface area contributed by atoms with Crippen molar-refractivity contribution in [3.8, 4) is 0 Å². The Bertz CT molecular complexity index is 961. The van der Waals surface area contributed by atoms with Crippen LogP contribution in [0.2, 0.25) is 0 Å². The fraction of sp³-hybridized carbons (Fsp3) is 0.278. The Labute approximate surface area is 153 Å². The van der Waals surface area contributed by atoms with Gasteiger partial charge in [-0.15, -0.1) is 0 Å². The Morgan fingerprint density at radius 3 is 2.63 bits per heavy atom. The number of hydrogen-bond acceptors (Lipinski definition) is 7. The van der Waals surface area contributed by atoms with E-state index in [1.807, 2.05) is 6.07 Å². The number of aliphatic hydroxyl groups is 3. The number of aliphatic hydroxyl groups excluding tert-OH is 3. The number of hydrogen-bond donors (Lipinski definition) is 4. The van der Waals surface area contributed by atoms with Gasteiger partial charge in [-0.25, -0.2) is 9.97 Å². The Kier molecular flexibility index (Phi) is 4.58. The summed E-state index contributed by atoms with van der Waals surface area (Å²) >= 11 is 0. The van der Waals surface area contributed by atoms with Gasteiger partial charge in [-0.2, -0.15) is 0 Å². The second kappa shape index (κ2) is 7.05. The van der Waals surface area contributed by atoms with Gasteiger partial charge >= 0.3 is 0 Å². The standard InChI is InChI=1S/C18H18N4O5/c23-8-12-13(24)14(25)18(27-12)22-7-6-11-15(19-9-20-16(11)22)21-17(26)10-4-2-1-3-5-10/h1-7,9,12-14,18,23-25H,8H2,(H,19,20,21,26)/t12-,13+,14?,18-/m1/s1. The number of amides is 1. The molecule has 27 heavy (non-hydrogen) atoms. The van der Waals surface area contributed by atoms with Crippen molar-refractivity contribution in [1.29, 1.82) is 0 Å². The molecule has 9 heteroatoms. The van der Waals surface area contributed by atoms with Crippen molar-refractivity contribution in [2.45, 2.75) is 24.5 Å². The zero-order valence-electron chi connectivity index (χ0n) is 14.1. The van der Waals surface area contributed by atoms with Crippen LogP contribution in [-0.4, -0.2) is 60.7 Å². The van der Waals surface area contributed by atoms with Crippen molar-refractivity contribution in [2.75, 3.05) is 11.9 Å². The molecule has 1 amide bonds. The predicted molar refractivity (Wildman–Crippen MR) is 94.9 cm³/mol. The van der Waals surface area contributed by atoms with Crippen LogP contribution in [0.3, 0.4) is 0 Å². The average molecular weight is 370 g/mol. The van der Waals surface area contributed by atoms with E-state index in [0.717, 1.165) is 0 Å². The zero-order valence-corrected chi connectivity index (χ0v) is 14.1. The quantitative estimate of drug-likeness (QED) is 0.519. The molecular weight excluding hydrogens is 352 g/mol. The molecule has 2 aromatic heterocycles. The summed E-state index contributed by atoms with van der Waals surface area (Å²) in [7, 11) is 0. The first kappa shape index (κ1) is 17.6. The molecule has 1 unspecified atom stereocenters. The third kappa shape index (κ3) is 3.06. The lowest BCUT2D eigenvalue weighted by Gasteiger charge is -2.17. The van der Waals surface area contributed by atoms with Gasteiger partial charge in [0, 0.05) is 11.8 Å². The fourth-order valence-electron chi connectivity index (χ4n) is 3.15. The molecule has 0 radical (unpaired) electrons. The normalized spacial score (nSPS) is 25.0. The smallest absolute Gasteiger partial charge is 0.256 e. The second-order valence-electron chi connectivity index (χ2n) is 6.23. The SMILES string of the molecule is O=C(Nc1ncnc2c1ccn2[C@@H]1O[C@H](CO)[C@H](O)C1O)c1ccccc1. The van der Waals surface area contributed by atoms with Gasteiger partial charge in [0.2, 0.25) is 0 Å². The molecule has 140 valence electrons. The van der Waals surface area contributed by atoms with Gasteiger partial charge in [0.05, 0.1) is 12.0 Å². The molecule has 3 heterocycles. The number of carbonyl (C=O) groups is 1. The van der Waals surface area contributed by atoms with Crippen LogP contribution >= 0.6 is 0 Å². The van der Waals surface area contributed by atoms with Gasteiger partial charge in [0.15, 0.2) is 6.23 Å². The molecule has 3 aromatic rings. The number of carbonyl (C=O) groups excluding carboxylic acids is 1. The van der Waals surface area contributed by atoms with Crippen LogP contribution in [0.4, 0.5) is 5.82 Å². The molecule has 1 saturated heterocycles. The molecule has 0 saturated carbocycles. The zero-order chi connectivity index (χ0) is 19.0. The van der Waals surface area contributed by atoms with Crippen LogP contribution < -0.4 is 5.32 Å². The Morgan fingerprint density at radius 2 is 1.93 bits per heavy atom. The van der Waals surface area contributed by atoms with E-state index in [-0.39, 0.29) is 5.91 Å². The highest BCUT2D eigenvalue weighted by Gasteiger charge is 2.43. The number of benzene rings is 1. The highest BCUT2D eigenvalue weighted by molar-refractivity contribution is 6.07. The number of aromatic nitrogens is 3. The molecule has 0 aliphatic carbocycles. The highest BCUT2D eigenvalue weighted by atomic mass is 16.6. The first-order chi connectivity index (χ1) is 13.1. The largest absolute Gasteiger partial charge is 0.394 e. The van der Waals surface area contributed by atoms with Crippen LogP contribution in [0.1, 0.15) is 16.6 Å². The summed E-state index contributed by atoms with van der Waals surface area (Å²) in [5.41, 5.74) is 0.912. The third-order valence-corrected chi connectivity index (χ3v) is 4.57. The molecule has 1 fully saturated rings. The molecule has 0 spiro atoms. The van der Waals surface area contributed by atoms with E-state index in [4.69, 9.17) is 4.74 Å². The lowest BCUT2D eigenvalue weighted by molar-refractivity contribution is -0.0508. The maximum atomic E-state index is 12.4. The molecule has 1 aliphatic rings. The number of ether oxygens (including phenoxy) is 1. The van der Waals surface area contributed by atoms with E-state index in [1.54, 1.807) is 41.1 Å². The molecule has 1 aliphatic heterocycles. The van der Waals surface area contributed by atoms with Crippen molar-refractivity contribution in [1.82, 2.24) is 14.5 Å². The van der Waals surface area contributed by atoms with Gasteiger partial charge in [0.25, 0.3) is 5.91 Å². The molecule has 1 aromatic carbocycles. The van der Waals surface area contributed by atoms with Crippen molar-refractivity contribution in [3.63, 3.8) is 0 Å². The van der Waals surface area contributed by atoms with Gasteiger partial charge in [-0.05, 0) is 18.2 Å². The lowest BCUT2D eigenvalue weighted by Crippen LogP contribution is -2.33. The topological polar surface area (TPSA) is 130 Å². The number of nitrogens with zero attached hydrogens (tertiary/aromatic N) is 3. The van der Waals surface area contributed by atoms with Crippen LogP contribution in [0.25, 0.3) is 11.0 Å². The maximum absolute atomic E-state index is 12.4.